The summed E-state index contributed by atoms with van der Waals surface area (Å²) in [5, 5.41) is 7.46. The number of hydrogen-bond donors (Lipinski definition) is 0. The predicted octanol–water partition coefficient (Wildman–Crippen LogP) is 3.31. The van der Waals surface area contributed by atoms with Crippen LogP contribution in [0, 0.1) is 0 Å². The maximum atomic E-state index is 12.8. The number of carbonyl (C=O) groups excluding carboxylic acids is 1. The maximum Gasteiger partial charge on any atom is 0.416 e. The minimum absolute atomic E-state index is 0.0783. The molecule has 2 aromatic rings. The highest BCUT2D eigenvalue weighted by Gasteiger charge is 2.42. The average Bonchev–Trinajstić information content (AvgIpc) is 3.15. The van der Waals surface area contributed by atoms with Crippen LogP contribution in [0.15, 0.2) is 53.6 Å². The second-order valence-corrected chi connectivity index (χ2v) is 7.85. The molecule has 2 aromatic carbocycles. The van der Waals surface area contributed by atoms with E-state index in [9.17, 15) is 18.0 Å². The summed E-state index contributed by atoms with van der Waals surface area (Å²) < 4.78 is 50.0. The van der Waals surface area contributed by atoms with Crippen molar-refractivity contribution in [2.24, 2.45) is 5.10 Å². The molecule has 170 valence electrons. The molecule has 2 atom stereocenters. The van der Waals surface area contributed by atoms with Crippen molar-refractivity contribution < 1.29 is 27.4 Å². The lowest BCUT2D eigenvalue weighted by Gasteiger charge is -2.44. The van der Waals surface area contributed by atoms with Gasteiger partial charge in [-0.15, -0.1) is 5.10 Å². The maximum absolute atomic E-state index is 12.8. The van der Waals surface area contributed by atoms with Crippen molar-refractivity contribution in [3.05, 3.63) is 65.2 Å². The lowest BCUT2D eigenvalue weighted by Crippen LogP contribution is -2.60. The molecule has 4 rings (SSSR count). The van der Waals surface area contributed by atoms with Crippen LogP contribution < -0.4 is 4.74 Å². The van der Waals surface area contributed by atoms with Crippen molar-refractivity contribution >= 4 is 12.2 Å². The fraction of sp³-hybridized carbons (Fsp3) is 0.364. The number of ether oxygens (including phenoxy) is 2. The van der Waals surface area contributed by atoms with E-state index >= 15 is 0 Å². The molecule has 32 heavy (non-hydrogen) atoms. The van der Waals surface area contributed by atoms with E-state index in [4.69, 9.17) is 9.47 Å². The van der Waals surface area contributed by atoms with Gasteiger partial charge in [-0.2, -0.15) is 23.3 Å². The van der Waals surface area contributed by atoms with Crippen LogP contribution in [-0.4, -0.2) is 60.3 Å². The number of rotatable bonds is 7. The number of hydrogen-bond acceptors (Lipinski definition) is 7. The average molecular weight is 448 g/mol. The van der Waals surface area contributed by atoms with E-state index in [0.717, 1.165) is 30.7 Å². The largest absolute Gasteiger partial charge is 0.473 e. The number of carbonyl (C=O) groups is 1. The number of halogens is 3. The first-order valence-electron chi connectivity index (χ1n) is 10.1. The Morgan fingerprint density at radius 2 is 1.84 bits per heavy atom. The Labute approximate surface area is 183 Å². The zero-order chi connectivity index (χ0) is 22.9. The summed E-state index contributed by atoms with van der Waals surface area (Å²) in [7, 11) is 4.00. The Kier molecular flexibility index (Phi) is 6.07. The van der Waals surface area contributed by atoms with Gasteiger partial charge in [-0.1, -0.05) is 12.1 Å². The van der Waals surface area contributed by atoms with E-state index in [1.807, 2.05) is 38.4 Å². The second-order valence-electron chi connectivity index (χ2n) is 7.85. The molecule has 0 spiro atoms. The van der Waals surface area contributed by atoms with Gasteiger partial charge in [0.05, 0.1) is 5.56 Å². The van der Waals surface area contributed by atoms with Gasteiger partial charge in [0.25, 0.3) is 6.23 Å². The smallest absolute Gasteiger partial charge is 0.416 e. The number of hydrazone groups is 1. The van der Waals surface area contributed by atoms with Crippen molar-refractivity contribution in [2.75, 3.05) is 20.6 Å². The highest BCUT2D eigenvalue weighted by molar-refractivity contribution is 5.95. The Bertz CT molecular complexity index is 977. The lowest BCUT2D eigenvalue weighted by molar-refractivity contribution is -0.218. The number of benzene rings is 2. The van der Waals surface area contributed by atoms with E-state index in [2.05, 4.69) is 10.0 Å². The van der Waals surface area contributed by atoms with Crippen LogP contribution in [0.3, 0.4) is 0 Å². The third kappa shape index (κ3) is 4.71. The lowest BCUT2D eigenvalue weighted by atomic mass is 10.1. The van der Waals surface area contributed by atoms with Crippen molar-refractivity contribution in [1.29, 1.82) is 0 Å². The summed E-state index contributed by atoms with van der Waals surface area (Å²) >= 11 is 0. The fourth-order valence-electron chi connectivity index (χ4n) is 3.45. The molecule has 2 aliphatic rings. The molecule has 0 aliphatic carbocycles. The van der Waals surface area contributed by atoms with Gasteiger partial charge in [-0.05, 0) is 56.1 Å². The van der Waals surface area contributed by atoms with Gasteiger partial charge in [-0.25, -0.2) is 0 Å². The molecule has 0 N–H and O–H groups in total. The van der Waals surface area contributed by atoms with Crippen LogP contribution in [-0.2, 0) is 22.3 Å². The zero-order valence-corrected chi connectivity index (χ0v) is 17.6. The van der Waals surface area contributed by atoms with Gasteiger partial charge >= 0.3 is 6.18 Å². The molecule has 0 aromatic heterocycles. The molecule has 2 aliphatic heterocycles. The summed E-state index contributed by atoms with van der Waals surface area (Å²) in [6.45, 7) is 1.42. The first kappa shape index (κ1) is 22.1. The fourth-order valence-corrected chi connectivity index (χ4v) is 3.45. The van der Waals surface area contributed by atoms with Crippen LogP contribution in [0.4, 0.5) is 13.2 Å². The molecule has 1 fully saturated rings. The number of alkyl halides is 3. The molecule has 0 radical (unpaired) electrons. The summed E-state index contributed by atoms with van der Waals surface area (Å²) in [6, 6.07) is 12.2. The topological polar surface area (TPSA) is 57.6 Å². The van der Waals surface area contributed by atoms with Crippen LogP contribution in [0.2, 0.25) is 0 Å². The van der Waals surface area contributed by atoms with Crippen molar-refractivity contribution in [3.8, 4) is 5.75 Å². The monoisotopic (exact) mass is 448 g/mol. The summed E-state index contributed by atoms with van der Waals surface area (Å²) in [5.74, 6) is 0.770. The molecular weight excluding hydrogens is 425 g/mol. The Morgan fingerprint density at radius 1 is 1.16 bits per heavy atom. The Balaban J connectivity index is 1.45. The van der Waals surface area contributed by atoms with Crippen LogP contribution in [0.25, 0.3) is 0 Å². The van der Waals surface area contributed by atoms with Gasteiger partial charge in [-0.3, -0.25) is 4.79 Å². The molecule has 2 heterocycles. The Hall–Kier alpha value is -3.11. The minimum Gasteiger partial charge on any atom is -0.473 e. The van der Waals surface area contributed by atoms with Crippen molar-refractivity contribution in [3.63, 3.8) is 0 Å². The van der Waals surface area contributed by atoms with E-state index in [0.29, 0.717) is 24.1 Å². The van der Waals surface area contributed by atoms with Gasteiger partial charge in [0.1, 0.15) is 5.75 Å². The third-order valence-electron chi connectivity index (χ3n) is 5.12. The number of aldehydes is 1. The highest BCUT2D eigenvalue weighted by Crippen LogP contribution is 2.31. The van der Waals surface area contributed by atoms with E-state index < -0.39 is 18.0 Å². The van der Waals surface area contributed by atoms with Gasteiger partial charge in [0, 0.05) is 25.1 Å². The van der Waals surface area contributed by atoms with Gasteiger partial charge in [0.15, 0.2) is 12.5 Å². The molecule has 7 nitrogen and oxygen atoms in total. The third-order valence-corrected chi connectivity index (χ3v) is 5.12. The zero-order valence-electron chi connectivity index (χ0n) is 17.6. The molecule has 2 unspecified atom stereocenters. The summed E-state index contributed by atoms with van der Waals surface area (Å²) in [4.78, 5) is 13.6. The minimum atomic E-state index is -4.43. The SMILES string of the molecule is CN(C)Cc1ccc(OC2CCN2N2N=C(c3ccc(C(F)(F)F)cc3)OC2C=O)cc1. The quantitative estimate of drug-likeness (QED) is 0.606. The molecule has 0 amide bonds. The molecule has 10 heteroatoms. The highest BCUT2D eigenvalue weighted by atomic mass is 19.4. The second kappa shape index (κ2) is 8.79. The predicted molar refractivity (Wildman–Crippen MR) is 110 cm³/mol. The standard InChI is InChI=1S/C22H23F3N4O3/c1-27(2)13-15-3-9-18(10-4-15)31-19-11-12-28(19)29-20(14-30)32-21(26-29)16-5-7-17(8-6-16)22(23,24)25/h3-10,14,19-20H,11-13H2,1-2H3. The van der Waals surface area contributed by atoms with Crippen LogP contribution in [0.1, 0.15) is 23.1 Å². The first-order valence-corrected chi connectivity index (χ1v) is 10.1. The normalized spacial score (nSPS) is 21.2. The van der Waals surface area contributed by atoms with E-state index in [-0.39, 0.29) is 12.1 Å². The summed E-state index contributed by atoms with van der Waals surface area (Å²) in [6.07, 6.45) is -4.46. The molecule has 0 saturated carbocycles. The van der Waals surface area contributed by atoms with Crippen molar-refractivity contribution in [1.82, 2.24) is 15.0 Å². The Morgan fingerprint density at radius 3 is 2.38 bits per heavy atom. The first-order chi connectivity index (χ1) is 15.2. The van der Waals surface area contributed by atoms with Crippen LogP contribution >= 0.6 is 0 Å². The van der Waals surface area contributed by atoms with E-state index in [1.165, 1.54) is 17.3 Å². The van der Waals surface area contributed by atoms with Gasteiger partial charge in [0.2, 0.25) is 5.90 Å². The van der Waals surface area contributed by atoms with E-state index in [1.54, 1.807) is 5.01 Å². The molecule has 1 saturated heterocycles. The molecular formula is C22H23F3N4O3. The summed E-state index contributed by atoms with van der Waals surface area (Å²) in [5.41, 5.74) is 0.742. The molecule has 0 bridgehead atoms. The number of hydrazine groups is 1. The van der Waals surface area contributed by atoms with Crippen LogP contribution in [0.5, 0.6) is 5.75 Å². The number of nitrogens with zero attached hydrogens (tertiary/aromatic N) is 4. The van der Waals surface area contributed by atoms with Gasteiger partial charge < -0.3 is 14.4 Å². The van der Waals surface area contributed by atoms with Crippen molar-refractivity contribution in [2.45, 2.75) is 31.6 Å².